The number of carbonyl (C=O) groups is 1. The predicted molar refractivity (Wildman–Crippen MR) is 187 cm³/mol. The number of halogens is 1. The van der Waals surface area contributed by atoms with Crippen LogP contribution in [0.15, 0.2) is 18.2 Å². The van der Waals surface area contributed by atoms with Crippen LogP contribution in [0.5, 0.6) is 5.75 Å². The first-order valence-corrected chi connectivity index (χ1v) is 19.7. The van der Waals surface area contributed by atoms with Crippen LogP contribution in [-0.2, 0) is 11.2 Å². The van der Waals surface area contributed by atoms with Crippen molar-refractivity contribution in [3.8, 4) is 5.75 Å². The molecule has 3 saturated carbocycles. The summed E-state index contributed by atoms with van der Waals surface area (Å²) in [5, 5.41) is 21.2. The lowest BCUT2D eigenvalue weighted by Gasteiger charge is -2.54. The largest absolute Gasteiger partial charge is 0.508 e. The summed E-state index contributed by atoms with van der Waals surface area (Å²) in [5.74, 6) is 2.31. The van der Waals surface area contributed by atoms with E-state index in [4.69, 9.17) is 0 Å². The van der Waals surface area contributed by atoms with Gasteiger partial charge in [-0.2, -0.15) is 0 Å². The van der Waals surface area contributed by atoms with Crippen molar-refractivity contribution in [3.05, 3.63) is 29.3 Å². The van der Waals surface area contributed by atoms with Gasteiger partial charge in [0, 0.05) is 25.4 Å². The van der Waals surface area contributed by atoms with E-state index in [0.717, 1.165) is 101 Å². The number of phenols is 1. The third-order valence-electron chi connectivity index (χ3n) is 13.2. The zero-order chi connectivity index (χ0) is 32.5. The number of aromatic hydroxyl groups is 1. The maximum absolute atomic E-state index is 16.1. The van der Waals surface area contributed by atoms with E-state index in [1.54, 1.807) is 6.07 Å². The molecule has 2 N–H and O–H groups in total. The van der Waals surface area contributed by atoms with E-state index in [1.165, 1.54) is 64.2 Å². The topological polar surface area (TPSA) is 60.8 Å². The molecule has 0 bridgehead atoms. The van der Waals surface area contributed by atoms with Crippen LogP contribution in [0.25, 0.3) is 0 Å². The molecule has 4 aliphatic carbocycles. The van der Waals surface area contributed by atoms with E-state index in [1.807, 2.05) is 12.1 Å². The molecule has 5 heteroatoms. The van der Waals surface area contributed by atoms with Gasteiger partial charge < -0.3 is 15.1 Å². The second-order valence-electron chi connectivity index (χ2n) is 16.3. The van der Waals surface area contributed by atoms with Crippen molar-refractivity contribution in [3.63, 3.8) is 0 Å². The molecule has 3 fully saturated rings. The molecular formula is C41H66FNO3. The molecule has 1 aromatic rings. The first-order chi connectivity index (χ1) is 22.3. The van der Waals surface area contributed by atoms with Gasteiger partial charge in [0.25, 0.3) is 0 Å². The first-order valence-electron chi connectivity index (χ1n) is 19.7. The number of benzene rings is 1. The Balaban J connectivity index is 1.13. The Morgan fingerprint density at radius 2 is 1.61 bits per heavy atom. The van der Waals surface area contributed by atoms with Gasteiger partial charge in [0.05, 0.1) is 6.10 Å². The maximum Gasteiger partial charge on any atom is 0.222 e. The third-order valence-corrected chi connectivity index (χ3v) is 13.2. The molecule has 0 unspecified atom stereocenters. The average Bonchev–Trinajstić information content (AvgIpc) is 3.35. The van der Waals surface area contributed by atoms with Gasteiger partial charge in [-0.15, -0.1) is 0 Å². The molecule has 4 aliphatic rings. The van der Waals surface area contributed by atoms with Crippen molar-refractivity contribution in [1.29, 1.82) is 0 Å². The van der Waals surface area contributed by atoms with Gasteiger partial charge in [0.1, 0.15) is 11.9 Å². The minimum atomic E-state index is -0.946. The molecule has 1 aromatic carbocycles. The fraction of sp³-hybridized carbons (Fsp3) is 0.829. The minimum Gasteiger partial charge on any atom is -0.508 e. The van der Waals surface area contributed by atoms with Gasteiger partial charge in [-0.05, 0) is 104 Å². The third kappa shape index (κ3) is 8.69. The highest BCUT2D eigenvalue weighted by Gasteiger charge is 2.59. The summed E-state index contributed by atoms with van der Waals surface area (Å²) < 4.78 is 16.1. The van der Waals surface area contributed by atoms with Gasteiger partial charge >= 0.3 is 0 Å². The lowest BCUT2D eigenvalue weighted by molar-refractivity contribution is -0.131. The SMILES string of the molecule is CCCCCCCCN(CCCCCC[C@@H]1Cc2cc(O)ccc2[C@@H]2[C@@H]1[C@@H]1CC[C@H](O)[C@@]1(C)C[C@@H]2F)C(=O)CCC1CCCCC1. The number of phenolic OH excluding ortho intramolecular Hbond substituents is 1. The number of fused-ring (bicyclic) bond motifs is 5. The number of rotatable bonds is 17. The summed E-state index contributed by atoms with van der Waals surface area (Å²) in [6.07, 6.45) is 23.4. The number of hydrogen-bond donors (Lipinski definition) is 2. The molecule has 4 nitrogen and oxygen atoms in total. The van der Waals surface area contributed by atoms with Gasteiger partial charge in [-0.1, -0.05) is 103 Å². The van der Waals surface area contributed by atoms with Crippen molar-refractivity contribution in [2.75, 3.05) is 13.1 Å². The molecule has 46 heavy (non-hydrogen) atoms. The van der Waals surface area contributed by atoms with Crippen molar-refractivity contribution in [2.24, 2.45) is 29.1 Å². The number of nitrogens with zero attached hydrogens (tertiary/aromatic N) is 1. The number of aliphatic hydroxyl groups is 1. The lowest BCUT2D eigenvalue weighted by atomic mass is 9.51. The predicted octanol–water partition coefficient (Wildman–Crippen LogP) is 10.3. The number of alkyl halides is 1. The normalized spacial score (nSPS) is 30.9. The van der Waals surface area contributed by atoms with Crippen molar-refractivity contribution in [2.45, 2.75) is 173 Å². The fourth-order valence-electron chi connectivity index (χ4n) is 10.5. The van der Waals surface area contributed by atoms with Crippen LogP contribution in [0.2, 0.25) is 0 Å². The monoisotopic (exact) mass is 640 g/mol. The summed E-state index contributed by atoms with van der Waals surface area (Å²) in [4.78, 5) is 15.6. The highest BCUT2D eigenvalue weighted by molar-refractivity contribution is 5.76. The van der Waals surface area contributed by atoms with E-state index in [2.05, 4.69) is 18.7 Å². The fourth-order valence-corrected chi connectivity index (χ4v) is 10.5. The Morgan fingerprint density at radius 3 is 2.35 bits per heavy atom. The Bertz CT molecular complexity index is 1090. The number of carbonyl (C=O) groups excluding carboxylic acids is 1. The van der Waals surface area contributed by atoms with Crippen LogP contribution in [0.4, 0.5) is 4.39 Å². The summed E-state index contributed by atoms with van der Waals surface area (Å²) >= 11 is 0. The molecule has 0 saturated heterocycles. The van der Waals surface area contributed by atoms with E-state index >= 15 is 4.39 Å². The van der Waals surface area contributed by atoms with Gasteiger partial charge in [-0.3, -0.25) is 4.79 Å². The number of unbranched alkanes of at least 4 members (excludes halogenated alkanes) is 8. The smallest absolute Gasteiger partial charge is 0.222 e. The highest BCUT2D eigenvalue weighted by Crippen LogP contribution is 2.63. The molecule has 0 aliphatic heterocycles. The zero-order valence-corrected chi connectivity index (χ0v) is 29.4. The quantitative estimate of drug-likeness (QED) is 0.167. The maximum atomic E-state index is 16.1. The average molecular weight is 640 g/mol. The molecule has 0 spiro atoms. The van der Waals surface area contributed by atoms with Crippen molar-refractivity contribution in [1.82, 2.24) is 4.90 Å². The summed E-state index contributed by atoms with van der Waals surface area (Å²) in [6, 6.07) is 5.59. The van der Waals surface area contributed by atoms with Crippen LogP contribution in [0.1, 0.15) is 166 Å². The second-order valence-corrected chi connectivity index (χ2v) is 16.3. The number of aliphatic hydroxyl groups excluding tert-OH is 1. The van der Waals surface area contributed by atoms with Crippen LogP contribution in [0, 0.1) is 29.1 Å². The Kier molecular flexibility index (Phi) is 13.3. The van der Waals surface area contributed by atoms with E-state index in [9.17, 15) is 15.0 Å². The highest BCUT2D eigenvalue weighted by atomic mass is 19.1. The summed E-state index contributed by atoms with van der Waals surface area (Å²) in [7, 11) is 0. The Labute approximate surface area is 280 Å². The summed E-state index contributed by atoms with van der Waals surface area (Å²) in [5.41, 5.74) is 1.91. The first kappa shape index (κ1) is 35.7. The molecule has 1 amide bonds. The molecule has 0 radical (unpaired) electrons. The lowest BCUT2D eigenvalue weighted by Crippen LogP contribution is -2.51. The Hall–Kier alpha value is -1.62. The molecule has 260 valence electrons. The van der Waals surface area contributed by atoms with Crippen LogP contribution in [-0.4, -0.2) is 46.4 Å². The second kappa shape index (κ2) is 17.2. The number of amides is 1. The van der Waals surface area contributed by atoms with Crippen molar-refractivity contribution < 1.29 is 19.4 Å². The standard InChI is InChI=1S/C41H66FNO3/c1-3-4-5-6-8-14-25-43(38(46)24-19-30-16-11-10-12-17-30)26-15-9-7-13-18-31-27-32-28-33(44)20-21-34(32)40-36(42)29-41(2)35(39(31)40)22-23-37(41)45/h20-21,28,30-31,35-37,39-40,44-45H,3-19,22-27,29H2,1-2H3/t31-,35+,36+,37+,39+,40+,41+/m1/s1. The zero-order valence-electron chi connectivity index (χ0n) is 29.4. The van der Waals surface area contributed by atoms with Crippen LogP contribution < -0.4 is 0 Å². The molecule has 5 rings (SSSR count). The van der Waals surface area contributed by atoms with E-state index < -0.39 is 12.3 Å². The molecule has 0 heterocycles. The van der Waals surface area contributed by atoms with Gasteiger partial charge in [0.15, 0.2) is 0 Å². The number of hydrogen-bond acceptors (Lipinski definition) is 3. The molecule has 0 aromatic heterocycles. The van der Waals surface area contributed by atoms with Crippen LogP contribution >= 0.6 is 0 Å². The van der Waals surface area contributed by atoms with E-state index in [0.29, 0.717) is 24.2 Å². The van der Waals surface area contributed by atoms with Crippen molar-refractivity contribution >= 4 is 5.91 Å². The Morgan fingerprint density at radius 1 is 0.913 bits per heavy atom. The van der Waals surface area contributed by atoms with Gasteiger partial charge in [0.2, 0.25) is 5.91 Å². The van der Waals surface area contributed by atoms with Gasteiger partial charge in [-0.25, -0.2) is 4.39 Å². The van der Waals surface area contributed by atoms with Crippen LogP contribution in [0.3, 0.4) is 0 Å². The molecule has 7 atom stereocenters. The molecular weight excluding hydrogens is 573 g/mol. The summed E-state index contributed by atoms with van der Waals surface area (Å²) in [6.45, 7) is 6.22. The minimum absolute atomic E-state index is 0.118. The van der Waals surface area contributed by atoms with E-state index in [-0.39, 0.29) is 23.0 Å².